The van der Waals surface area contributed by atoms with Gasteiger partial charge >= 0.3 is 6.18 Å². The Morgan fingerprint density at radius 2 is 1.95 bits per heavy atom. The molecule has 0 saturated heterocycles. The van der Waals surface area contributed by atoms with Gasteiger partial charge in [-0.3, -0.25) is 4.68 Å². The number of hydrogen-bond donors (Lipinski definition) is 1. The van der Waals surface area contributed by atoms with E-state index in [0.717, 1.165) is 12.1 Å². The van der Waals surface area contributed by atoms with Crippen molar-refractivity contribution in [3.05, 3.63) is 47.5 Å². The molecule has 0 bridgehead atoms. The summed E-state index contributed by atoms with van der Waals surface area (Å²) in [6, 6.07) is 1.89. The molecule has 112 valence electrons. The van der Waals surface area contributed by atoms with Crippen LogP contribution in [0.5, 0.6) is 0 Å². The maximum absolute atomic E-state index is 13.0. The van der Waals surface area contributed by atoms with E-state index in [1.807, 2.05) is 0 Å². The summed E-state index contributed by atoms with van der Waals surface area (Å²) in [5.74, 6) is -0.928. The molecule has 0 aliphatic heterocycles. The van der Waals surface area contributed by atoms with Crippen LogP contribution in [0.25, 0.3) is 0 Å². The number of nitrogen functional groups attached to an aromatic ring is 1. The Labute approximate surface area is 126 Å². The SMILES string of the molecule is CC(c1ccc(F)cc1C(F)(F)F)n1cc(N)cn1.[Pd]. The van der Waals surface area contributed by atoms with Gasteiger partial charge in [0.15, 0.2) is 0 Å². The number of nitrogens with zero attached hydrogens (tertiary/aromatic N) is 2. The number of aromatic nitrogens is 2. The number of halogens is 4. The Kier molecular flexibility index (Phi) is 4.95. The van der Waals surface area contributed by atoms with Crippen molar-refractivity contribution >= 4 is 5.69 Å². The summed E-state index contributed by atoms with van der Waals surface area (Å²) in [6.07, 6.45) is -1.86. The molecule has 1 aromatic heterocycles. The van der Waals surface area contributed by atoms with E-state index in [1.54, 1.807) is 0 Å². The molecule has 3 nitrogen and oxygen atoms in total. The van der Waals surface area contributed by atoms with Crippen LogP contribution >= 0.6 is 0 Å². The molecule has 0 saturated carbocycles. The molecule has 2 N–H and O–H groups in total. The fourth-order valence-corrected chi connectivity index (χ4v) is 1.85. The quantitative estimate of drug-likeness (QED) is 0.643. The fourth-order valence-electron chi connectivity index (χ4n) is 1.85. The molecule has 2 rings (SSSR count). The van der Waals surface area contributed by atoms with Crippen LogP contribution in [-0.2, 0) is 26.6 Å². The van der Waals surface area contributed by atoms with Gasteiger partial charge in [-0.15, -0.1) is 0 Å². The molecule has 1 heterocycles. The van der Waals surface area contributed by atoms with E-state index in [0.29, 0.717) is 11.8 Å². The third-order valence-corrected chi connectivity index (χ3v) is 2.79. The maximum Gasteiger partial charge on any atom is 0.416 e. The minimum atomic E-state index is -4.62. The van der Waals surface area contributed by atoms with Crippen molar-refractivity contribution in [2.75, 3.05) is 5.73 Å². The smallest absolute Gasteiger partial charge is 0.396 e. The molecule has 0 aliphatic carbocycles. The summed E-state index contributed by atoms with van der Waals surface area (Å²) in [4.78, 5) is 0. The summed E-state index contributed by atoms with van der Waals surface area (Å²) in [6.45, 7) is 1.54. The minimum Gasteiger partial charge on any atom is -0.396 e. The monoisotopic (exact) mass is 379 g/mol. The van der Waals surface area contributed by atoms with Crippen molar-refractivity contribution in [1.82, 2.24) is 9.78 Å². The van der Waals surface area contributed by atoms with Crippen LogP contribution in [-0.4, -0.2) is 9.78 Å². The normalized spacial score (nSPS) is 12.8. The van der Waals surface area contributed by atoms with Gasteiger partial charge in [0, 0.05) is 26.6 Å². The van der Waals surface area contributed by atoms with Crippen LogP contribution in [0.3, 0.4) is 0 Å². The predicted octanol–water partition coefficient (Wildman–Crippen LogP) is 3.23. The van der Waals surface area contributed by atoms with E-state index in [4.69, 9.17) is 5.73 Å². The zero-order valence-electron chi connectivity index (χ0n) is 10.3. The Hall–Kier alpha value is -1.39. The van der Waals surface area contributed by atoms with Crippen molar-refractivity contribution in [2.45, 2.75) is 19.1 Å². The van der Waals surface area contributed by atoms with Gasteiger partial charge < -0.3 is 5.73 Å². The average molecular weight is 380 g/mol. The number of alkyl halides is 3. The van der Waals surface area contributed by atoms with Crippen molar-refractivity contribution in [3.8, 4) is 0 Å². The van der Waals surface area contributed by atoms with Crippen molar-refractivity contribution in [3.63, 3.8) is 0 Å². The summed E-state index contributed by atoms with van der Waals surface area (Å²) in [7, 11) is 0. The zero-order chi connectivity index (χ0) is 14.2. The van der Waals surface area contributed by atoms with Crippen LogP contribution in [0.2, 0.25) is 0 Å². The number of benzene rings is 1. The third kappa shape index (κ3) is 3.38. The van der Waals surface area contributed by atoms with Crippen LogP contribution in [0.1, 0.15) is 24.1 Å². The number of anilines is 1. The summed E-state index contributed by atoms with van der Waals surface area (Å²) < 4.78 is 53.0. The second-order valence-corrected chi connectivity index (χ2v) is 4.16. The molecule has 20 heavy (non-hydrogen) atoms. The van der Waals surface area contributed by atoms with Gasteiger partial charge in [-0.2, -0.15) is 18.3 Å². The molecule has 0 fully saturated rings. The first-order valence-corrected chi connectivity index (χ1v) is 5.45. The molecule has 0 aliphatic rings. The first-order chi connectivity index (χ1) is 8.79. The Bertz CT molecular complexity index is 595. The number of hydrogen-bond acceptors (Lipinski definition) is 2. The second kappa shape index (κ2) is 5.94. The van der Waals surface area contributed by atoms with Gasteiger partial charge in [-0.1, -0.05) is 6.07 Å². The molecule has 1 unspecified atom stereocenters. The van der Waals surface area contributed by atoms with Gasteiger partial charge in [0.2, 0.25) is 0 Å². The first-order valence-electron chi connectivity index (χ1n) is 5.45. The predicted molar refractivity (Wildman–Crippen MR) is 61.9 cm³/mol. The molecule has 0 radical (unpaired) electrons. The van der Waals surface area contributed by atoms with Crippen LogP contribution in [0.15, 0.2) is 30.6 Å². The topological polar surface area (TPSA) is 43.8 Å². The van der Waals surface area contributed by atoms with Gasteiger partial charge in [0.1, 0.15) is 5.82 Å². The Morgan fingerprint density at radius 3 is 2.45 bits per heavy atom. The van der Waals surface area contributed by atoms with Gasteiger partial charge in [0.25, 0.3) is 0 Å². The Morgan fingerprint density at radius 1 is 1.30 bits per heavy atom. The summed E-state index contributed by atoms with van der Waals surface area (Å²) in [5.41, 5.74) is 4.76. The van der Waals surface area contributed by atoms with E-state index in [9.17, 15) is 17.6 Å². The summed E-state index contributed by atoms with van der Waals surface area (Å²) in [5, 5.41) is 3.87. The molecule has 0 amide bonds. The maximum atomic E-state index is 13.0. The molecule has 0 spiro atoms. The second-order valence-electron chi connectivity index (χ2n) is 4.16. The van der Waals surface area contributed by atoms with Crippen molar-refractivity contribution in [1.29, 1.82) is 0 Å². The summed E-state index contributed by atoms with van der Waals surface area (Å²) >= 11 is 0. The number of rotatable bonds is 2. The molecule has 2 aromatic rings. The van der Waals surface area contributed by atoms with Gasteiger partial charge in [-0.05, 0) is 24.6 Å². The standard InChI is InChI=1S/C12H11F4N3.Pd/c1-7(19-6-9(17)5-18-19)10-3-2-8(13)4-11(10)12(14,15)16;/h2-7H,17H2,1H3;. The molecule has 8 heteroatoms. The Balaban J connectivity index is 0.00000200. The van der Waals surface area contributed by atoms with Crippen LogP contribution in [0.4, 0.5) is 23.2 Å². The molecular formula is C12H11F4N3Pd. The number of nitrogens with two attached hydrogens (primary N) is 1. The average Bonchev–Trinajstić information content (AvgIpc) is 2.74. The third-order valence-electron chi connectivity index (χ3n) is 2.79. The minimum absolute atomic E-state index is 0. The van der Waals surface area contributed by atoms with Gasteiger partial charge in [-0.25, -0.2) is 4.39 Å². The fraction of sp³-hybridized carbons (Fsp3) is 0.250. The largest absolute Gasteiger partial charge is 0.416 e. The van der Waals surface area contributed by atoms with E-state index in [1.165, 1.54) is 24.0 Å². The van der Waals surface area contributed by atoms with Crippen molar-refractivity contribution in [2.24, 2.45) is 0 Å². The molecular weight excluding hydrogens is 369 g/mol. The van der Waals surface area contributed by atoms with E-state index in [-0.39, 0.29) is 26.0 Å². The van der Waals surface area contributed by atoms with E-state index in [2.05, 4.69) is 5.10 Å². The van der Waals surface area contributed by atoms with Gasteiger partial charge in [0.05, 0.1) is 23.5 Å². The van der Waals surface area contributed by atoms with E-state index >= 15 is 0 Å². The van der Waals surface area contributed by atoms with Crippen LogP contribution < -0.4 is 5.73 Å². The molecule has 1 aromatic carbocycles. The first kappa shape index (κ1) is 16.7. The van der Waals surface area contributed by atoms with Crippen molar-refractivity contribution < 1.29 is 38.0 Å². The zero-order valence-corrected chi connectivity index (χ0v) is 11.8. The molecule has 1 atom stereocenters. The van der Waals surface area contributed by atoms with Crippen LogP contribution in [0, 0.1) is 5.82 Å². The van der Waals surface area contributed by atoms with E-state index < -0.39 is 23.6 Å².